The minimum Gasteiger partial charge on any atom is -0.459 e. The monoisotopic (exact) mass is 420 g/mol. The summed E-state index contributed by atoms with van der Waals surface area (Å²) in [4.78, 5) is 16.5. The zero-order valence-corrected chi connectivity index (χ0v) is 15.9. The predicted octanol–water partition coefficient (Wildman–Crippen LogP) is 3.86. The Morgan fingerprint density at radius 1 is 1.13 bits per heavy atom. The Hall–Kier alpha value is -3.27. The van der Waals surface area contributed by atoms with Gasteiger partial charge in [-0.15, -0.1) is 0 Å². The summed E-state index contributed by atoms with van der Waals surface area (Å²) in [6, 6.07) is 8.16. The minimum absolute atomic E-state index is 0.0234. The molecule has 0 unspecified atom stereocenters. The molecule has 1 aliphatic rings. The fraction of sp³-hybridized carbons (Fsp3) is 0.300. The molecule has 1 amide bonds. The number of anilines is 2. The van der Waals surface area contributed by atoms with E-state index in [1.807, 2.05) is 4.90 Å². The van der Waals surface area contributed by atoms with Crippen LogP contribution in [0.2, 0.25) is 0 Å². The number of piperazine rings is 1. The van der Waals surface area contributed by atoms with E-state index in [9.17, 15) is 18.0 Å². The highest BCUT2D eigenvalue weighted by Crippen LogP contribution is 2.36. The maximum absolute atomic E-state index is 13.2. The number of furan rings is 1. The van der Waals surface area contributed by atoms with E-state index in [1.54, 1.807) is 12.3 Å². The van der Waals surface area contributed by atoms with Crippen molar-refractivity contribution in [3.8, 4) is 0 Å². The number of hydrogen-bond acceptors (Lipinski definition) is 6. The molecule has 0 saturated carbocycles. The highest BCUT2D eigenvalue weighted by Gasteiger charge is 2.32. The highest BCUT2D eigenvalue weighted by molar-refractivity contribution is 6.04. The molecule has 2 aromatic heterocycles. The first-order chi connectivity index (χ1) is 14.4. The smallest absolute Gasteiger partial charge is 0.416 e. The van der Waals surface area contributed by atoms with Crippen molar-refractivity contribution in [1.29, 1.82) is 0 Å². The van der Waals surface area contributed by atoms with Gasteiger partial charge in [-0.25, -0.2) is 0 Å². The zero-order chi connectivity index (χ0) is 21.1. The average molecular weight is 420 g/mol. The number of halogens is 3. The van der Waals surface area contributed by atoms with Crippen molar-refractivity contribution in [2.75, 3.05) is 36.4 Å². The van der Waals surface area contributed by atoms with Crippen LogP contribution in [0.15, 0.2) is 57.8 Å². The van der Waals surface area contributed by atoms with Crippen molar-refractivity contribution in [2.45, 2.75) is 12.7 Å². The Morgan fingerprint density at radius 2 is 1.93 bits per heavy atom. The summed E-state index contributed by atoms with van der Waals surface area (Å²) >= 11 is 0. The standard InChI is InChI=1S/C20H19F3N4O3/c21-20(22,23)14-3-4-17(16(12-14)25-19(28)18-2-1-11-29-18)27-9-7-26(8-10-27)13-15-5-6-24-30-15/h1-6,11-12H,7-10,13H2,(H,25,28). The van der Waals surface area contributed by atoms with E-state index in [-0.39, 0.29) is 11.4 Å². The molecule has 1 saturated heterocycles. The van der Waals surface area contributed by atoms with Crippen LogP contribution in [0.25, 0.3) is 0 Å². The Kier molecular flexibility index (Phi) is 5.49. The lowest BCUT2D eigenvalue weighted by Crippen LogP contribution is -2.46. The molecular formula is C20H19F3N4O3. The fourth-order valence-electron chi connectivity index (χ4n) is 3.37. The van der Waals surface area contributed by atoms with E-state index in [0.717, 1.165) is 17.9 Å². The molecule has 0 spiro atoms. The van der Waals surface area contributed by atoms with Crippen molar-refractivity contribution < 1.29 is 26.9 Å². The van der Waals surface area contributed by atoms with Crippen LogP contribution >= 0.6 is 0 Å². The average Bonchev–Trinajstić information content (AvgIpc) is 3.42. The Balaban J connectivity index is 1.52. The Morgan fingerprint density at radius 3 is 2.57 bits per heavy atom. The van der Waals surface area contributed by atoms with Crippen molar-refractivity contribution in [2.24, 2.45) is 0 Å². The van der Waals surface area contributed by atoms with E-state index in [0.29, 0.717) is 38.4 Å². The Labute approximate surface area is 170 Å². The number of rotatable bonds is 5. The molecule has 1 aromatic carbocycles. The van der Waals surface area contributed by atoms with Crippen molar-refractivity contribution >= 4 is 17.3 Å². The fourth-order valence-corrected chi connectivity index (χ4v) is 3.37. The molecule has 0 radical (unpaired) electrons. The normalized spacial score (nSPS) is 15.4. The molecule has 0 atom stereocenters. The van der Waals surface area contributed by atoms with Gasteiger partial charge in [0, 0.05) is 32.2 Å². The van der Waals surface area contributed by atoms with Gasteiger partial charge in [0.2, 0.25) is 0 Å². The third-order valence-electron chi connectivity index (χ3n) is 4.90. The number of carbonyl (C=O) groups excluding carboxylic acids is 1. The third kappa shape index (κ3) is 4.48. The van der Waals surface area contributed by atoms with E-state index in [4.69, 9.17) is 8.94 Å². The van der Waals surface area contributed by atoms with E-state index in [2.05, 4.69) is 15.4 Å². The number of aromatic nitrogens is 1. The summed E-state index contributed by atoms with van der Waals surface area (Å²) < 4.78 is 49.8. The van der Waals surface area contributed by atoms with Crippen LogP contribution in [0.4, 0.5) is 24.5 Å². The summed E-state index contributed by atoms with van der Waals surface area (Å²) in [5.74, 6) is 0.171. The number of nitrogens with zero attached hydrogens (tertiary/aromatic N) is 3. The SMILES string of the molecule is O=C(Nc1cc(C(F)(F)F)ccc1N1CCN(Cc2ccno2)CC1)c1ccco1. The lowest BCUT2D eigenvalue weighted by Gasteiger charge is -2.36. The molecule has 4 rings (SSSR count). The molecule has 7 nitrogen and oxygen atoms in total. The van der Waals surface area contributed by atoms with Gasteiger partial charge in [-0.3, -0.25) is 9.69 Å². The minimum atomic E-state index is -4.52. The molecule has 3 heterocycles. The maximum atomic E-state index is 13.2. The molecule has 0 aliphatic carbocycles. The number of benzene rings is 1. The van der Waals surface area contributed by atoms with Crippen LogP contribution in [0.5, 0.6) is 0 Å². The summed E-state index contributed by atoms with van der Waals surface area (Å²) in [5.41, 5.74) is -0.206. The Bertz CT molecular complexity index is 979. The summed E-state index contributed by atoms with van der Waals surface area (Å²) in [7, 11) is 0. The van der Waals surface area contributed by atoms with Gasteiger partial charge in [-0.2, -0.15) is 13.2 Å². The van der Waals surface area contributed by atoms with Gasteiger partial charge in [-0.1, -0.05) is 5.16 Å². The molecular weight excluding hydrogens is 401 g/mol. The van der Waals surface area contributed by atoms with Crippen LogP contribution in [-0.4, -0.2) is 42.1 Å². The lowest BCUT2D eigenvalue weighted by atomic mass is 10.1. The van der Waals surface area contributed by atoms with E-state index >= 15 is 0 Å². The third-order valence-corrected chi connectivity index (χ3v) is 4.90. The first-order valence-corrected chi connectivity index (χ1v) is 9.33. The number of hydrogen-bond donors (Lipinski definition) is 1. The molecule has 1 aliphatic heterocycles. The second-order valence-electron chi connectivity index (χ2n) is 6.90. The first-order valence-electron chi connectivity index (χ1n) is 9.33. The van der Waals surface area contributed by atoms with Gasteiger partial charge >= 0.3 is 6.18 Å². The molecule has 10 heteroatoms. The van der Waals surface area contributed by atoms with Crippen LogP contribution in [0.1, 0.15) is 21.9 Å². The van der Waals surface area contributed by atoms with Crippen molar-refractivity contribution in [3.63, 3.8) is 0 Å². The molecule has 30 heavy (non-hydrogen) atoms. The first kappa shape index (κ1) is 20.0. The molecule has 158 valence electrons. The largest absolute Gasteiger partial charge is 0.459 e. The number of alkyl halides is 3. The summed E-state index contributed by atoms with van der Waals surface area (Å²) in [6.07, 6.45) is -1.60. The quantitative estimate of drug-likeness (QED) is 0.676. The van der Waals surface area contributed by atoms with Gasteiger partial charge in [-0.05, 0) is 30.3 Å². The van der Waals surface area contributed by atoms with Gasteiger partial charge in [0.15, 0.2) is 11.5 Å². The van der Waals surface area contributed by atoms with Crippen LogP contribution < -0.4 is 10.2 Å². The van der Waals surface area contributed by atoms with Gasteiger partial charge < -0.3 is 19.2 Å². The summed E-state index contributed by atoms with van der Waals surface area (Å²) in [6.45, 7) is 3.16. The number of nitrogens with one attached hydrogen (secondary N) is 1. The molecule has 1 fully saturated rings. The van der Waals surface area contributed by atoms with Crippen LogP contribution in [0.3, 0.4) is 0 Å². The number of amides is 1. The van der Waals surface area contributed by atoms with Crippen molar-refractivity contribution in [3.05, 3.63) is 65.9 Å². The van der Waals surface area contributed by atoms with Gasteiger partial charge in [0.05, 0.1) is 35.9 Å². The van der Waals surface area contributed by atoms with Crippen LogP contribution in [0, 0.1) is 0 Å². The van der Waals surface area contributed by atoms with Gasteiger partial charge in [0.25, 0.3) is 5.91 Å². The predicted molar refractivity (Wildman–Crippen MR) is 102 cm³/mol. The highest BCUT2D eigenvalue weighted by atomic mass is 19.4. The van der Waals surface area contributed by atoms with E-state index < -0.39 is 17.6 Å². The van der Waals surface area contributed by atoms with Gasteiger partial charge in [0.1, 0.15) is 0 Å². The zero-order valence-electron chi connectivity index (χ0n) is 15.9. The van der Waals surface area contributed by atoms with Crippen LogP contribution in [-0.2, 0) is 12.7 Å². The molecule has 3 aromatic rings. The molecule has 1 N–H and O–H groups in total. The van der Waals surface area contributed by atoms with Crippen molar-refractivity contribution in [1.82, 2.24) is 10.1 Å². The maximum Gasteiger partial charge on any atom is 0.416 e. The second kappa shape index (κ2) is 8.23. The van der Waals surface area contributed by atoms with E-state index in [1.165, 1.54) is 24.5 Å². The molecule has 0 bridgehead atoms. The second-order valence-corrected chi connectivity index (χ2v) is 6.90. The number of carbonyl (C=O) groups is 1. The summed E-state index contributed by atoms with van der Waals surface area (Å²) in [5, 5.41) is 6.25. The topological polar surface area (TPSA) is 74.8 Å². The lowest BCUT2D eigenvalue weighted by molar-refractivity contribution is -0.137.